The molecule has 4 nitrogen and oxygen atoms in total. The number of likely N-dealkylation sites (tertiary alicyclic amines) is 1. The van der Waals surface area contributed by atoms with Gasteiger partial charge in [-0.15, -0.1) is 0 Å². The van der Waals surface area contributed by atoms with Crippen LogP contribution < -0.4 is 0 Å². The van der Waals surface area contributed by atoms with Gasteiger partial charge in [0.1, 0.15) is 6.23 Å². The van der Waals surface area contributed by atoms with Gasteiger partial charge in [0.2, 0.25) is 0 Å². The van der Waals surface area contributed by atoms with Gasteiger partial charge in [0.25, 0.3) is 0 Å². The molecule has 0 saturated carbocycles. The van der Waals surface area contributed by atoms with E-state index in [1.165, 1.54) is 39.0 Å². The second-order valence-corrected chi connectivity index (χ2v) is 6.94. The van der Waals surface area contributed by atoms with Gasteiger partial charge in [0, 0.05) is 32.2 Å². The highest BCUT2D eigenvalue weighted by Gasteiger charge is 2.29. The highest BCUT2D eigenvalue weighted by atomic mass is 16.3. The molecule has 0 aliphatic carbocycles. The van der Waals surface area contributed by atoms with Gasteiger partial charge < -0.3 is 10.0 Å². The summed E-state index contributed by atoms with van der Waals surface area (Å²) in [5.74, 6) is 0.855. The Morgan fingerprint density at radius 1 is 1.24 bits per heavy atom. The van der Waals surface area contributed by atoms with Gasteiger partial charge in [-0.2, -0.15) is 0 Å². The van der Waals surface area contributed by atoms with E-state index in [1.54, 1.807) is 0 Å². The molecule has 0 aromatic heterocycles. The maximum atomic E-state index is 10.1. The maximum absolute atomic E-state index is 10.1. The molecule has 1 N–H and O–H groups in total. The third-order valence-corrected chi connectivity index (χ3v) is 5.23. The Hall–Kier alpha value is -0.420. The highest BCUT2D eigenvalue weighted by Crippen LogP contribution is 2.21. The molecule has 2 aliphatic rings. The fourth-order valence-corrected chi connectivity index (χ4v) is 3.65. The molecule has 0 bridgehead atoms. The lowest BCUT2D eigenvalue weighted by Gasteiger charge is -2.44. The van der Waals surface area contributed by atoms with Crippen LogP contribution in [0, 0.1) is 5.92 Å². The summed E-state index contributed by atoms with van der Waals surface area (Å²) in [5, 5.41) is 10.1. The summed E-state index contributed by atoms with van der Waals surface area (Å²) in [7, 11) is 0. The molecule has 2 aliphatic heterocycles. The Bertz CT molecular complexity index is 339. The monoisotopic (exact) mass is 295 g/mol. The van der Waals surface area contributed by atoms with Gasteiger partial charge in [0.15, 0.2) is 0 Å². The van der Waals surface area contributed by atoms with Crippen LogP contribution in [-0.4, -0.2) is 77.9 Å². The predicted octanol–water partition coefficient (Wildman–Crippen LogP) is 1.62. The third-order valence-electron chi connectivity index (χ3n) is 5.23. The van der Waals surface area contributed by atoms with E-state index >= 15 is 0 Å². The van der Waals surface area contributed by atoms with E-state index in [1.807, 2.05) is 6.92 Å². The molecule has 1 unspecified atom stereocenters. The van der Waals surface area contributed by atoms with Crippen LogP contribution in [0.1, 0.15) is 33.6 Å². The van der Waals surface area contributed by atoms with E-state index in [0.29, 0.717) is 6.04 Å². The van der Waals surface area contributed by atoms with Crippen molar-refractivity contribution in [2.24, 2.45) is 5.92 Å². The summed E-state index contributed by atoms with van der Waals surface area (Å²) in [6.45, 7) is 18.3. The zero-order valence-corrected chi connectivity index (χ0v) is 14.1. The quantitative estimate of drug-likeness (QED) is 0.781. The van der Waals surface area contributed by atoms with Crippen LogP contribution >= 0.6 is 0 Å². The van der Waals surface area contributed by atoms with Crippen molar-refractivity contribution in [2.45, 2.75) is 45.9 Å². The molecule has 4 heteroatoms. The smallest absolute Gasteiger partial charge is 0.129 e. The molecule has 0 spiro atoms. The van der Waals surface area contributed by atoms with Crippen LogP contribution in [-0.2, 0) is 0 Å². The fraction of sp³-hybridized carbons (Fsp3) is 0.882. The molecule has 2 saturated heterocycles. The molecule has 0 aromatic carbocycles. The molecule has 2 heterocycles. The SMILES string of the molecule is C=C(C)C(O)N1CCN(CC2CCN(CC)CC2)[C@H](C)C1. The number of rotatable bonds is 5. The largest absolute Gasteiger partial charge is 0.374 e. The molecule has 2 fully saturated rings. The number of piperazine rings is 1. The molecule has 2 rings (SSSR count). The van der Waals surface area contributed by atoms with Crippen molar-refractivity contribution in [1.29, 1.82) is 0 Å². The van der Waals surface area contributed by atoms with Crippen LogP contribution in [0.15, 0.2) is 12.2 Å². The summed E-state index contributed by atoms with van der Waals surface area (Å²) in [5.41, 5.74) is 0.850. The summed E-state index contributed by atoms with van der Waals surface area (Å²) in [6.07, 6.45) is 2.21. The molecular weight excluding hydrogens is 262 g/mol. The lowest BCUT2D eigenvalue weighted by molar-refractivity contribution is -0.0267. The minimum atomic E-state index is -0.470. The zero-order chi connectivity index (χ0) is 15.4. The number of hydrogen-bond acceptors (Lipinski definition) is 4. The topological polar surface area (TPSA) is 30.0 Å². The summed E-state index contributed by atoms with van der Waals surface area (Å²) >= 11 is 0. The first-order valence-corrected chi connectivity index (χ1v) is 8.55. The first kappa shape index (κ1) is 16.9. The summed E-state index contributed by atoms with van der Waals surface area (Å²) < 4.78 is 0. The molecule has 2 atom stereocenters. The molecule has 21 heavy (non-hydrogen) atoms. The Morgan fingerprint density at radius 3 is 2.43 bits per heavy atom. The number of hydrogen-bond donors (Lipinski definition) is 1. The van der Waals surface area contributed by atoms with E-state index in [-0.39, 0.29) is 0 Å². The first-order valence-electron chi connectivity index (χ1n) is 8.55. The van der Waals surface area contributed by atoms with Crippen molar-refractivity contribution >= 4 is 0 Å². The number of piperidine rings is 1. The average Bonchev–Trinajstić information content (AvgIpc) is 2.49. The van der Waals surface area contributed by atoms with Gasteiger partial charge in [-0.3, -0.25) is 9.80 Å². The van der Waals surface area contributed by atoms with Crippen molar-refractivity contribution in [3.63, 3.8) is 0 Å². The van der Waals surface area contributed by atoms with Crippen molar-refractivity contribution in [2.75, 3.05) is 45.8 Å². The molecule has 0 amide bonds. The van der Waals surface area contributed by atoms with Crippen molar-refractivity contribution in [1.82, 2.24) is 14.7 Å². The van der Waals surface area contributed by atoms with Crippen molar-refractivity contribution < 1.29 is 5.11 Å². The lowest BCUT2D eigenvalue weighted by Crippen LogP contribution is -2.56. The predicted molar refractivity (Wildman–Crippen MR) is 88.3 cm³/mol. The maximum Gasteiger partial charge on any atom is 0.129 e. The van der Waals surface area contributed by atoms with Crippen LogP contribution in [0.3, 0.4) is 0 Å². The first-order chi connectivity index (χ1) is 10.0. The summed E-state index contributed by atoms with van der Waals surface area (Å²) in [4.78, 5) is 7.33. The number of aliphatic hydroxyl groups is 1. The van der Waals surface area contributed by atoms with E-state index in [0.717, 1.165) is 31.1 Å². The van der Waals surface area contributed by atoms with E-state index in [4.69, 9.17) is 0 Å². The Morgan fingerprint density at radius 2 is 1.90 bits per heavy atom. The van der Waals surface area contributed by atoms with Gasteiger partial charge in [0.05, 0.1) is 0 Å². The standard InChI is InChI=1S/C17H33N3O/c1-5-18-8-6-16(7-9-18)13-19-10-11-20(12-15(19)4)17(21)14(2)3/h15-17,21H,2,5-13H2,1,3-4H3/t15-,17?/m1/s1. The van der Waals surface area contributed by atoms with Gasteiger partial charge in [-0.25, -0.2) is 0 Å². The van der Waals surface area contributed by atoms with Gasteiger partial charge in [-0.05, 0) is 57.8 Å². The van der Waals surface area contributed by atoms with Crippen LogP contribution in [0.25, 0.3) is 0 Å². The van der Waals surface area contributed by atoms with Crippen LogP contribution in [0.4, 0.5) is 0 Å². The van der Waals surface area contributed by atoms with E-state index < -0.39 is 6.23 Å². The van der Waals surface area contributed by atoms with Gasteiger partial charge >= 0.3 is 0 Å². The van der Waals surface area contributed by atoms with E-state index in [9.17, 15) is 5.11 Å². The van der Waals surface area contributed by atoms with Gasteiger partial charge in [-0.1, -0.05) is 13.5 Å². The highest BCUT2D eigenvalue weighted by molar-refractivity contribution is 4.98. The molecular formula is C17H33N3O. The second-order valence-electron chi connectivity index (χ2n) is 6.94. The van der Waals surface area contributed by atoms with Crippen molar-refractivity contribution in [3.05, 3.63) is 12.2 Å². The van der Waals surface area contributed by atoms with E-state index in [2.05, 4.69) is 35.1 Å². The summed E-state index contributed by atoms with van der Waals surface area (Å²) in [6, 6.07) is 0.525. The minimum absolute atomic E-state index is 0.470. The fourth-order valence-electron chi connectivity index (χ4n) is 3.65. The Balaban J connectivity index is 1.77. The molecule has 0 aromatic rings. The molecule has 122 valence electrons. The second kappa shape index (κ2) is 7.73. The Labute approximate surface area is 130 Å². The van der Waals surface area contributed by atoms with Crippen LogP contribution in [0.5, 0.6) is 0 Å². The number of nitrogens with zero attached hydrogens (tertiary/aromatic N) is 3. The Kier molecular flexibility index (Phi) is 6.23. The van der Waals surface area contributed by atoms with Crippen molar-refractivity contribution in [3.8, 4) is 0 Å². The number of aliphatic hydroxyl groups excluding tert-OH is 1. The molecule has 0 radical (unpaired) electrons. The average molecular weight is 295 g/mol. The third kappa shape index (κ3) is 4.52. The zero-order valence-electron chi connectivity index (χ0n) is 14.1. The minimum Gasteiger partial charge on any atom is -0.374 e. The normalized spacial score (nSPS) is 28.7. The lowest BCUT2D eigenvalue weighted by atomic mass is 9.95. The van der Waals surface area contributed by atoms with Crippen LogP contribution in [0.2, 0.25) is 0 Å².